The lowest BCUT2D eigenvalue weighted by Crippen LogP contribution is -1.95. The molecule has 0 bridgehead atoms. The van der Waals surface area contributed by atoms with E-state index in [0.29, 0.717) is 5.56 Å². The van der Waals surface area contributed by atoms with Crippen LogP contribution in [0, 0.1) is 40.8 Å². The molecule has 2 aromatic rings. The Balaban J connectivity index is 0.000000211. The maximum absolute atomic E-state index is 12.6. The van der Waals surface area contributed by atoms with Crippen molar-refractivity contribution in [1.29, 1.82) is 0 Å². The number of hydrogen-bond donors (Lipinski definition) is 0. The van der Waals surface area contributed by atoms with Crippen LogP contribution in [0.15, 0.2) is 12.4 Å². The fourth-order valence-electron chi connectivity index (χ4n) is 1.60. The monoisotopic (exact) mass is 514 g/mol. The molecule has 0 fully saturated rings. The van der Waals surface area contributed by atoms with E-state index >= 15 is 0 Å². The van der Waals surface area contributed by atoms with Crippen LogP contribution in [-0.4, -0.2) is 17.1 Å². The van der Waals surface area contributed by atoms with Crippen LogP contribution in [0.25, 0.3) is 0 Å². The van der Waals surface area contributed by atoms with E-state index in [1.54, 1.807) is 20.2 Å². The molecule has 0 unspecified atom stereocenters. The summed E-state index contributed by atoms with van der Waals surface area (Å²) in [5.41, 5.74) is 3.98. The van der Waals surface area contributed by atoms with Gasteiger partial charge in [0.2, 0.25) is 11.8 Å². The van der Waals surface area contributed by atoms with Crippen molar-refractivity contribution in [2.75, 3.05) is 7.11 Å². The fourth-order valence-corrected chi connectivity index (χ4v) is 2.33. The lowest BCUT2D eigenvalue weighted by Gasteiger charge is -2.06. The van der Waals surface area contributed by atoms with Crippen molar-refractivity contribution in [3.05, 3.63) is 47.7 Å². The molecule has 114 valence electrons. The van der Waals surface area contributed by atoms with Crippen molar-refractivity contribution < 1.29 is 9.13 Å². The van der Waals surface area contributed by atoms with Gasteiger partial charge in [0, 0.05) is 30.7 Å². The average molecular weight is 514 g/mol. The Hall–Kier alpha value is -0.510. The number of aryl methyl sites for hydroxylation is 2. The second-order valence-electron chi connectivity index (χ2n) is 4.56. The Labute approximate surface area is 152 Å². The Morgan fingerprint density at radius 3 is 1.86 bits per heavy atom. The zero-order chi connectivity index (χ0) is 16.2. The van der Waals surface area contributed by atoms with Gasteiger partial charge in [-0.05, 0) is 84.0 Å². The van der Waals surface area contributed by atoms with E-state index in [0.717, 1.165) is 20.6 Å². The number of methoxy groups -OCH3 is 1. The van der Waals surface area contributed by atoms with E-state index in [4.69, 9.17) is 4.74 Å². The quantitative estimate of drug-likeness (QED) is 0.407. The molecule has 0 aliphatic heterocycles. The predicted octanol–water partition coefficient (Wildman–Crippen LogP) is 4.75. The molecule has 2 heterocycles. The van der Waals surface area contributed by atoms with Crippen LogP contribution in [0.1, 0.15) is 22.3 Å². The van der Waals surface area contributed by atoms with Crippen molar-refractivity contribution in [2.24, 2.45) is 0 Å². The van der Waals surface area contributed by atoms with Crippen LogP contribution in [0.4, 0.5) is 4.39 Å². The van der Waals surface area contributed by atoms with Gasteiger partial charge in [0.05, 0.1) is 7.11 Å². The SMILES string of the molecule is COc1ncc(C)c(I)c1C.Cc1cnc(F)c(C)c1I. The maximum atomic E-state index is 12.6. The zero-order valence-corrected chi connectivity index (χ0v) is 16.9. The van der Waals surface area contributed by atoms with Gasteiger partial charge in [0.1, 0.15) is 0 Å². The molecule has 2 aromatic heterocycles. The molecule has 0 saturated heterocycles. The normalized spacial score (nSPS) is 9.90. The first-order valence-corrected chi connectivity index (χ1v) is 8.38. The third kappa shape index (κ3) is 4.73. The van der Waals surface area contributed by atoms with Gasteiger partial charge in [-0.3, -0.25) is 0 Å². The molecule has 0 atom stereocenters. The second kappa shape index (κ2) is 8.21. The third-order valence-corrected chi connectivity index (χ3v) is 6.24. The van der Waals surface area contributed by atoms with Crippen LogP contribution >= 0.6 is 45.2 Å². The Morgan fingerprint density at radius 2 is 1.38 bits per heavy atom. The van der Waals surface area contributed by atoms with Gasteiger partial charge < -0.3 is 4.74 Å². The van der Waals surface area contributed by atoms with Crippen LogP contribution in [0.5, 0.6) is 5.88 Å². The van der Waals surface area contributed by atoms with Crippen LogP contribution in [-0.2, 0) is 0 Å². The molecule has 2 rings (SSSR count). The molecule has 6 heteroatoms. The fraction of sp³-hybridized carbons (Fsp3) is 0.333. The number of hydrogen-bond acceptors (Lipinski definition) is 3. The molecule has 0 spiro atoms. The van der Waals surface area contributed by atoms with E-state index in [2.05, 4.69) is 55.1 Å². The first-order chi connectivity index (χ1) is 9.79. The number of pyridine rings is 2. The highest BCUT2D eigenvalue weighted by Crippen LogP contribution is 2.22. The minimum atomic E-state index is -0.366. The van der Waals surface area contributed by atoms with E-state index in [-0.39, 0.29) is 5.95 Å². The first-order valence-electron chi connectivity index (χ1n) is 6.22. The van der Waals surface area contributed by atoms with Gasteiger partial charge in [-0.15, -0.1) is 0 Å². The molecule has 0 aromatic carbocycles. The van der Waals surface area contributed by atoms with E-state index in [1.807, 2.05) is 27.0 Å². The summed E-state index contributed by atoms with van der Waals surface area (Å²) in [4.78, 5) is 7.70. The van der Waals surface area contributed by atoms with Crippen molar-refractivity contribution >= 4 is 45.2 Å². The van der Waals surface area contributed by atoms with Gasteiger partial charge in [0.25, 0.3) is 0 Å². The zero-order valence-electron chi connectivity index (χ0n) is 12.6. The highest BCUT2D eigenvalue weighted by molar-refractivity contribution is 14.1. The molecule has 0 aliphatic carbocycles. The highest BCUT2D eigenvalue weighted by Gasteiger charge is 2.05. The molecule has 0 saturated carbocycles. The van der Waals surface area contributed by atoms with E-state index in [1.165, 1.54) is 9.13 Å². The largest absolute Gasteiger partial charge is 0.481 e. The molecule has 21 heavy (non-hydrogen) atoms. The summed E-state index contributed by atoms with van der Waals surface area (Å²) < 4.78 is 19.9. The maximum Gasteiger partial charge on any atom is 0.217 e. The molecular formula is C15H17FI2N2O. The molecule has 0 aliphatic rings. The molecule has 3 nitrogen and oxygen atoms in total. The number of rotatable bonds is 1. The summed E-state index contributed by atoms with van der Waals surface area (Å²) in [6.45, 7) is 7.71. The van der Waals surface area contributed by atoms with Crippen LogP contribution in [0.2, 0.25) is 0 Å². The van der Waals surface area contributed by atoms with Crippen molar-refractivity contribution in [2.45, 2.75) is 27.7 Å². The summed E-state index contributed by atoms with van der Waals surface area (Å²) in [7, 11) is 1.64. The average Bonchev–Trinajstić information content (AvgIpc) is 2.48. The summed E-state index contributed by atoms with van der Waals surface area (Å²) in [5.74, 6) is 0.356. The molecule has 0 radical (unpaired) electrons. The molecular weight excluding hydrogens is 497 g/mol. The third-order valence-electron chi connectivity index (χ3n) is 2.92. The Kier molecular flexibility index (Phi) is 7.25. The summed E-state index contributed by atoms with van der Waals surface area (Å²) in [6, 6.07) is 0. The minimum absolute atomic E-state index is 0.366. The Bertz CT molecular complexity index is 621. The van der Waals surface area contributed by atoms with Gasteiger partial charge >= 0.3 is 0 Å². The van der Waals surface area contributed by atoms with Gasteiger partial charge in [-0.1, -0.05) is 0 Å². The summed E-state index contributed by atoms with van der Waals surface area (Å²) >= 11 is 4.41. The standard InChI is InChI=1S/C8H10INO.C7H7FIN/c1-5-4-10-8(11-3)6(2)7(5)9;1-4-3-10-7(8)5(2)6(4)9/h4H,1-3H3;3H,1-2H3. The summed E-state index contributed by atoms with van der Waals surface area (Å²) in [5, 5.41) is 0. The van der Waals surface area contributed by atoms with Crippen molar-refractivity contribution in [3.8, 4) is 5.88 Å². The van der Waals surface area contributed by atoms with Gasteiger partial charge in [-0.25, -0.2) is 9.97 Å². The molecule has 0 amide bonds. The van der Waals surface area contributed by atoms with Crippen LogP contribution < -0.4 is 4.74 Å². The lowest BCUT2D eigenvalue weighted by molar-refractivity contribution is 0.394. The highest BCUT2D eigenvalue weighted by atomic mass is 127. The number of nitrogens with zero attached hydrogens (tertiary/aromatic N) is 2. The van der Waals surface area contributed by atoms with Crippen LogP contribution in [0.3, 0.4) is 0 Å². The first kappa shape index (κ1) is 18.5. The number of aromatic nitrogens is 2. The topological polar surface area (TPSA) is 35.0 Å². The van der Waals surface area contributed by atoms with Gasteiger partial charge in [-0.2, -0.15) is 4.39 Å². The molecule has 0 N–H and O–H groups in total. The number of ether oxygens (including phenoxy) is 1. The number of halogens is 3. The lowest BCUT2D eigenvalue weighted by atomic mass is 10.2. The second-order valence-corrected chi connectivity index (χ2v) is 6.72. The van der Waals surface area contributed by atoms with Crippen molar-refractivity contribution in [3.63, 3.8) is 0 Å². The Morgan fingerprint density at radius 1 is 0.905 bits per heavy atom. The minimum Gasteiger partial charge on any atom is -0.481 e. The van der Waals surface area contributed by atoms with E-state index in [9.17, 15) is 4.39 Å². The van der Waals surface area contributed by atoms with Gasteiger partial charge in [0.15, 0.2) is 0 Å². The van der Waals surface area contributed by atoms with Crippen molar-refractivity contribution in [1.82, 2.24) is 9.97 Å². The predicted molar refractivity (Wildman–Crippen MR) is 99.4 cm³/mol. The smallest absolute Gasteiger partial charge is 0.217 e. The summed E-state index contributed by atoms with van der Waals surface area (Å²) in [6.07, 6.45) is 3.37. The van der Waals surface area contributed by atoms with E-state index < -0.39 is 0 Å².